The highest BCUT2D eigenvalue weighted by atomic mass is 32.2. The van der Waals surface area contributed by atoms with Gasteiger partial charge in [0.15, 0.2) is 0 Å². The Labute approximate surface area is 118 Å². The van der Waals surface area contributed by atoms with Crippen LogP contribution in [0.25, 0.3) is 0 Å². The van der Waals surface area contributed by atoms with Crippen LogP contribution in [0.4, 0.5) is 5.69 Å². The van der Waals surface area contributed by atoms with Crippen molar-refractivity contribution < 1.29 is 13.3 Å². The lowest BCUT2D eigenvalue weighted by molar-refractivity contribution is -0.385. The van der Waals surface area contributed by atoms with Crippen LogP contribution < -0.4 is 0 Å². The number of para-hydroxylation sites is 1. The largest absolute Gasteiger partial charge is 0.273 e. The van der Waals surface area contributed by atoms with Crippen molar-refractivity contribution in [2.75, 3.05) is 6.54 Å². The second kappa shape index (κ2) is 5.88. The van der Waals surface area contributed by atoms with Crippen molar-refractivity contribution in [3.63, 3.8) is 0 Å². The summed E-state index contributed by atoms with van der Waals surface area (Å²) in [5.41, 5.74) is 0.416. The fraction of sp³-hybridized carbons (Fsp3) is 0.538. The van der Waals surface area contributed by atoms with E-state index < -0.39 is 14.9 Å². The molecule has 1 fully saturated rings. The Morgan fingerprint density at radius 3 is 2.75 bits per heavy atom. The summed E-state index contributed by atoms with van der Waals surface area (Å²) in [6, 6.07) is 6.30. The summed E-state index contributed by atoms with van der Waals surface area (Å²) >= 11 is 0. The minimum absolute atomic E-state index is 0.0266. The Morgan fingerprint density at radius 1 is 1.40 bits per heavy atom. The maximum Gasteiger partial charge on any atom is 0.273 e. The van der Waals surface area contributed by atoms with E-state index in [4.69, 9.17) is 0 Å². The van der Waals surface area contributed by atoms with E-state index in [1.54, 1.807) is 18.2 Å². The molecule has 1 aromatic carbocycles. The Balaban J connectivity index is 2.28. The number of sulfonamides is 1. The summed E-state index contributed by atoms with van der Waals surface area (Å²) in [6.07, 6.45) is 2.06. The van der Waals surface area contributed by atoms with Gasteiger partial charge in [0.2, 0.25) is 10.0 Å². The summed E-state index contributed by atoms with van der Waals surface area (Å²) in [5.74, 6) is 0. The second-order valence-corrected chi connectivity index (χ2v) is 7.15. The standard InChI is InChI=1S/C13H18N2O4S/c1-2-12-7-5-9-14(20(12,18)19)10-11-6-3-4-8-13(11)15(16)17/h3-4,6,8,12H,2,5,7,9-10H2,1H3. The van der Waals surface area contributed by atoms with E-state index in [2.05, 4.69) is 0 Å². The van der Waals surface area contributed by atoms with Gasteiger partial charge in [-0.15, -0.1) is 0 Å². The van der Waals surface area contributed by atoms with Crippen LogP contribution in [0.15, 0.2) is 24.3 Å². The van der Waals surface area contributed by atoms with Gasteiger partial charge in [0.1, 0.15) is 0 Å². The quantitative estimate of drug-likeness (QED) is 0.631. The molecule has 1 aliphatic heterocycles. The molecule has 20 heavy (non-hydrogen) atoms. The van der Waals surface area contributed by atoms with Crippen molar-refractivity contribution in [3.05, 3.63) is 39.9 Å². The molecule has 110 valence electrons. The Morgan fingerprint density at radius 2 is 2.10 bits per heavy atom. The summed E-state index contributed by atoms with van der Waals surface area (Å²) in [4.78, 5) is 10.5. The molecule has 1 atom stereocenters. The molecule has 6 nitrogen and oxygen atoms in total. The highest BCUT2D eigenvalue weighted by Crippen LogP contribution is 2.27. The van der Waals surface area contributed by atoms with Crippen LogP contribution in [0, 0.1) is 10.1 Å². The van der Waals surface area contributed by atoms with E-state index in [9.17, 15) is 18.5 Å². The van der Waals surface area contributed by atoms with Crippen LogP contribution >= 0.6 is 0 Å². The molecule has 7 heteroatoms. The maximum atomic E-state index is 12.4. The highest BCUT2D eigenvalue weighted by Gasteiger charge is 2.35. The molecule has 1 unspecified atom stereocenters. The molecule has 1 saturated heterocycles. The minimum Gasteiger partial charge on any atom is -0.258 e. The predicted octanol–water partition coefficient (Wildman–Crippen LogP) is 2.30. The summed E-state index contributed by atoms with van der Waals surface area (Å²) in [5, 5.41) is 10.6. The predicted molar refractivity (Wildman–Crippen MR) is 75.7 cm³/mol. The molecule has 0 aliphatic carbocycles. The van der Waals surface area contributed by atoms with Gasteiger partial charge < -0.3 is 0 Å². The van der Waals surface area contributed by atoms with Crippen molar-refractivity contribution in [2.24, 2.45) is 0 Å². The van der Waals surface area contributed by atoms with Gasteiger partial charge >= 0.3 is 0 Å². The first-order chi connectivity index (χ1) is 9.46. The Bertz CT molecular complexity index is 600. The van der Waals surface area contributed by atoms with E-state index in [-0.39, 0.29) is 17.5 Å². The molecular weight excluding hydrogens is 280 g/mol. The monoisotopic (exact) mass is 298 g/mol. The first kappa shape index (κ1) is 14.9. The molecule has 0 N–H and O–H groups in total. The molecule has 0 aromatic heterocycles. The zero-order valence-corrected chi connectivity index (χ0v) is 12.2. The maximum absolute atomic E-state index is 12.4. The van der Waals surface area contributed by atoms with E-state index >= 15 is 0 Å². The van der Waals surface area contributed by atoms with Crippen LogP contribution in [-0.4, -0.2) is 29.4 Å². The van der Waals surface area contributed by atoms with E-state index in [0.717, 1.165) is 6.42 Å². The molecule has 0 spiro atoms. The van der Waals surface area contributed by atoms with Crippen LogP contribution in [0.5, 0.6) is 0 Å². The van der Waals surface area contributed by atoms with Crippen molar-refractivity contribution in [1.82, 2.24) is 4.31 Å². The third-order valence-electron chi connectivity index (χ3n) is 3.71. The molecule has 1 heterocycles. The molecule has 1 aliphatic rings. The number of nitro groups is 1. The number of nitro benzene ring substituents is 1. The second-order valence-electron chi connectivity index (χ2n) is 4.94. The summed E-state index contributed by atoms with van der Waals surface area (Å²) in [7, 11) is -3.34. The molecular formula is C13H18N2O4S. The summed E-state index contributed by atoms with van der Waals surface area (Å²) in [6.45, 7) is 2.37. The van der Waals surface area contributed by atoms with Crippen LogP contribution in [0.1, 0.15) is 31.7 Å². The molecule has 0 saturated carbocycles. The normalized spacial score (nSPS) is 22.6. The van der Waals surface area contributed by atoms with Gasteiger partial charge in [-0.3, -0.25) is 10.1 Å². The average Bonchev–Trinajstić information content (AvgIpc) is 2.41. The summed E-state index contributed by atoms with van der Waals surface area (Å²) < 4.78 is 26.2. The van der Waals surface area contributed by atoms with E-state index in [1.165, 1.54) is 10.4 Å². The Kier molecular flexibility index (Phi) is 4.39. The van der Waals surface area contributed by atoms with Crippen LogP contribution in [0.2, 0.25) is 0 Å². The van der Waals surface area contributed by atoms with Crippen LogP contribution in [0.3, 0.4) is 0 Å². The average molecular weight is 298 g/mol. The smallest absolute Gasteiger partial charge is 0.258 e. The third kappa shape index (κ3) is 2.83. The molecule has 0 amide bonds. The van der Waals surface area contributed by atoms with Crippen molar-refractivity contribution in [1.29, 1.82) is 0 Å². The van der Waals surface area contributed by atoms with Gasteiger partial charge in [-0.2, -0.15) is 4.31 Å². The van der Waals surface area contributed by atoms with Gasteiger partial charge in [-0.25, -0.2) is 8.42 Å². The molecule has 2 rings (SSSR count). The lowest BCUT2D eigenvalue weighted by Crippen LogP contribution is -2.43. The Hall–Kier alpha value is -1.47. The third-order valence-corrected chi connectivity index (χ3v) is 6.15. The number of benzene rings is 1. The topological polar surface area (TPSA) is 80.5 Å². The lowest BCUT2D eigenvalue weighted by atomic mass is 10.1. The molecule has 0 radical (unpaired) electrons. The fourth-order valence-electron chi connectivity index (χ4n) is 2.58. The number of hydrogen-bond acceptors (Lipinski definition) is 4. The minimum atomic E-state index is -3.34. The molecule has 0 bridgehead atoms. The van der Waals surface area contributed by atoms with E-state index in [1.807, 2.05) is 6.92 Å². The van der Waals surface area contributed by atoms with Crippen molar-refractivity contribution in [3.8, 4) is 0 Å². The highest BCUT2D eigenvalue weighted by molar-refractivity contribution is 7.89. The van der Waals surface area contributed by atoms with Crippen LogP contribution in [-0.2, 0) is 16.6 Å². The first-order valence-corrected chi connectivity index (χ1v) is 8.18. The number of hydrogen-bond donors (Lipinski definition) is 0. The van der Waals surface area contributed by atoms with Gasteiger partial charge in [-0.05, 0) is 19.3 Å². The first-order valence-electron chi connectivity index (χ1n) is 6.68. The molecule has 1 aromatic rings. The van der Waals surface area contributed by atoms with Gasteiger partial charge in [-0.1, -0.05) is 25.1 Å². The van der Waals surface area contributed by atoms with Crippen molar-refractivity contribution in [2.45, 2.75) is 38.0 Å². The zero-order valence-electron chi connectivity index (χ0n) is 11.4. The SMILES string of the molecule is CCC1CCCN(Cc2ccccc2[N+](=O)[O-])S1(=O)=O. The fourth-order valence-corrected chi connectivity index (χ4v) is 4.59. The number of nitrogens with zero attached hydrogens (tertiary/aromatic N) is 2. The lowest BCUT2D eigenvalue weighted by Gasteiger charge is -2.31. The van der Waals surface area contributed by atoms with Gasteiger partial charge in [0.05, 0.1) is 10.2 Å². The van der Waals surface area contributed by atoms with Gasteiger partial charge in [0, 0.05) is 24.7 Å². The van der Waals surface area contributed by atoms with E-state index in [0.29, 0.717) is 24.9 Å². The zero-order chi connectivity index (χ0) is 14.8. The number of rotatable bonds is 4. The van der Waals surface area contributed by atoms with Gasteiger partial charge in [0.25, 0.3) is 5.69 Å². The van der Waals surface area contributed by atoms with Crippen molar-refractivity contribution >= 4 is 15.7 Å².